The molecule has 0 saturated heterocycles. The highest BCUT2D eigenvalue weighted by Gasteiger charge is 2.06. The van der Waals surface area contributed by atoms with Gasteiger partial charge < -0.3 is 25.6 Å². The number of hydrogen-bond acceptors (Lipinski definition) is 5. The summed E-state index contributed by atoms with van der Waals surface area (Å²) in [6.45, 7) is 1.29. The average molecular weight is 455 g/mol. The van der Waals surface area contributed by atoms with Gasteiger partial charge >= 0.3 is 0 Å². The first-order chi connectivity index (χ1) is 15.5. The minimum Gasteiger partial charge on any atom is -0.508 e. The van der Waals surface area contributed by atoms with Crippen LogP contribution in [0.25, 0.3) is 0 Å². The second-order valence-electron chi connectivity index (χ2n) is 7.46. The van der Waals surface area contributed by atoms with Crippen molar-refractivity contribution in [2.75, 3.05) is 25.0 Å². The molecule has 0 aliphatic carbocycles. The van der Waals surface area contributed by atoms with E-state index < -0.39 is 6.10 Å². The third-order valence-corrected chi connectivity index (χ3v) is 5.02. The van der Waals surface area contributed by atoms with E-state index in [-0.39, 0.29) is 18.3 Å². The molecule has 0 unspecified atom stereocenters. The fraction of sp³-hybridized carbons (Fsp3) is 0.240. The van der Waals surface area contributed by atoms with Gasteiger partial charge in [0.25, 0.3) is 0 Å². The van der Waals surface area contributed by atoms with Crippen LogP contribution in [-0.4, -0.2) is 41.9 Å². The number of nitrogens with one attached hydrogen (secondary N) is 2. The summed E-state index contributed by atoms with van der Waals surface area (Å²) in [5.74, 6) is 0.695. The first kappa shape index (κ1) is 23.6. The lowest BCUT2D eigenvalue weighted by molar-refractivity contribution is -0.115. The van der Waals surface area contributed by atoms with Crippen molar-refractivity contribution in [2.45, 2.75) is 18.9 Å². The predicted molar refractivity (Wildman–Crippen MR) is 126 cm³/mol. The first-order valence-electron chi connectivity index (χ1n) is 10.4. The van der Waals surface area contributed by atoms with Crippen LogP contribution < -0.4 is 15.4 Å². The number of ether oxygens (including phenoxy) is 1. The van der Waals surface area contributed by atoms with Crippen LogP contribution in [0.2, 0.25) is 5.02 Å². The number of amides is 1. The number of phenols is 1. The Hall–Kier alpha value is -3.06. The zero-order valence-corrected chi connectivity index (χ0v) is 18.4. The van der Waals surface area contributed by atoms with Crippen LogP contribution in [0, 0.1) is 0 Å². The number of aliphatic hydroxyl groups is 1. The molecule has 3 aromatic rings. The highest BCUT2D eigenvalue weighted by molar-refractivity contribution is 6.30. The Bertz CT molecular complexity index is 976. The number of hydrogen-bond donors (Lipinski definition) is 4. The van der Waals surface area contributed by atoms with Gasteiger partial charge in [0.15, 0.2) is 0 Å². The van der Waals surface area contributed by atoms with Crippen LogP contribution in [0.5, 0.6) is 11.5 Å². The van der Waals surface area contributed by atoms with E-state index in [9.17, 15) is 15.0 Å². The standard InChI is InChI=1S/C25H27ClN2O4/c26-20-5-1-19(2-6-20)15-25(31)28-21-7-3-18(4-8-21)13-14-27-16-23(30)17-32-24-11-9-22(29)10-12-24/h1-12,23,27,29-30H,13-17H2,(H,28,31)/t23-/m0/s1. The van der Waals surface area contributed by atoms with E-state index in [0.29, 0.717) is 30.3 Å². The van der Waals surface area contributed by atoms with Crippen LogP contribution in [0.4, 0.5) is 5.69 Å². The summed E-state index contributed by atoms with van der Waals surface area (Å²) in [7, 11) is 0. The zero-order chi connectivity index (χ0) is 22.8. The zero-order valence-electron chi connectivity index (χ0n) is 17.6. The summed E-state index contributed by atoms with van der Waals surface area (Å²) >= 11 is 5.87. The second kappa shape index (κ2) is 12.1. The summed E-state index contributed by atoms with van der Waals surface area (Å²) < 4.78 is 5.48. The van der Waals surface area contributed by atoms with Gasteiger partial charge in [-0.15, -0.1) is 0 Å². The maximum Gasteiger partial charge on any atom is 0.228 e. The molecule has 0 heterocycles. The SMILES string of the molecule is O=C(Cc1ccc(Cl)cc1)Nc1ccc(CCNC[C@H](O)COc2ccc(O)cc2)cc1. The van der Waals surface area contributed by atoms with Gasteiger partial charge in [-0.1, -0.05) is 35.9 Å². The molecule has 4 N–H and O–H groups in total. The molecule has 0 spiro atoms. The smallest absolute Gasteiger partial charge is 0.228 e. The average Bonchev–Trinajstić information content (AvgIpc) is 2.79. The van der Waals surface area contributed by atoms with Crippen LogP contribution >= 0.6 is 11.6 Å². The molecule has 0 bridgehead atoms. The van der Waals surface area contributed by atoms with Gasteiger partial charge in [0, 0.05) is 17.3 Å². The Morgan fingerprint density at radius 1 is 0.938 bits per heavy atom. The van der Waals surface area contributed by atoms with Crippen LogP contribution in [0.1, 0.15) is 11.1 Å². The van der Waals surface area contributed by atoms with Crippen LogP contribution in [0.15, 0.2) is 72.8 Å². The monoisotopic (exact) mass is 454 g/mol. The number of halogens is 1. The third kappa shape index (κ3) is 8.23. The molecule has 0 saturated carbocycles. The summed E-state index contributed by atoms with van der Waals surface area (Å²) in [5, 5.41) is 26.0. The van der Waals surface area contributed by atoms with Crippen molar-refractivity contribution in [1.29, 1.82) is 0 Å². The highest BCUT2D eigenvalue weighted by atomic mass is 35.5. The number of anilines is 1. The largest absolute Gasteiger partial charge is 0.508 e. The van der Waals surface area contributed by atoms with Crippen LogP contribution in [0.3, 0.4) is 0 Å². The summed E-state index contributed by atoms with van der Waals surface area (Å²) in [6, 6.07) is 21.3. The summed E-state index contributed by atoms with van der Waals surface area (Å²) in [4.78, 5) is 12.2. The van der Waals surface area contributed by atoms with Gasteiger partial charge in [-0.25, -0.2) is 0 Å². The van der Waals surface area contributed by atoms with E-state index in [4.69, 9.17) is 16.3 Å². The normalized spacial score (nSPS) is 11.7. The third-order valence-electron chi connectivity index (χ3n) is 4.77. The number of rotatable bonds is 11. The molecular weight excluding hydrogens is 428 g/mol. The van der Waals surface area contributed by atoms with Gasteiger partial charge in [0.05, 0.1) is 6.42 Å². The van der Waals surface area contributed by atoms with E-state index in [1.165, 1.54) is 12.1 Å². The molecule has 0 radical (unpaired) electrons. The molecule has 0 fully saturated rings. The lowest BCUT2D eigenvalue weighted by Gasteiger charge is -2.13. The molecule has 32 heavy (non-hydrogen) atoms. The van der Waals surface area contributed by atoms with E-state index in [0.717, 1.165) is 23.2 Å². The molecule has 1 atom stereocenters. The lowest BCUT2D eigenvalue weighted by atomic mass is 10.1. The maximum atomic E-state index is 12.2. The molecule has 0 aromatic heterocycles. The quantitative estimate of drug-likeness (QED) is 0.331. The number of benzene rings is 3. The van der Waals surface area contributed by atoms with Crippen molar-refractivity contribution < 1.29 is 19.7 Å². The molecule has 7 heteroatoms. The summed E-state index contributed by atoms with van der Waals surface area (Å²) in [5.41, 5.74) is 2.79. The van der Waals surface area contributed by atoms with E-state index in [2.05, 4.69) is 10.6 Å². The Balaban J connectivity index is 1.32. The minimum atomic E-state index is -0.637. The molecule has 3 rings (SSSR count). The second-order valence-corrected chi connectivity index (χ2v) is 7.90. The molecule has 168 valence electrons. The molecule has 3 aromatic carbocycles. The van der Waals surface area contributed by atoms with Gasteiger partial charge in [-0.05, 0) is 72.6 Å². The van der Waals surface area contributed by atoms with Crippen molar-refractivity contribution in [3.63, 3.8) is 0 Å². The number of carbonyl (C=O) groups is 1. The molecule has 0 aliphatic rings. The predicted octanol–water partition coefficient (Wildman–Crippen LogP) is 3.80. The number of aliphatic hydroxyl groups excluding tert-OH is 1. The topological polar surface area (TPSA) is 90.8 Å². The number of aromatic hydroxyl groups is 1. The van der Waals surface area contributed by atoms with E-state index in [1.807, 2.05) is 36.4 Å². The first-order valence-corrected chi connectivity index (χ1v) is 10.8. The van der Waals surface area contributed by atoms with Gasteiger partial charge in [0.2, 0.25) is 5.91 Å². The Morgan fingerprint density at radius 3 is 2.28 bits per heavy atom. The van der Waals surface area contributed by atoms with Crippen molar-refractivity contribution in [3.05, 3.63) is 88.9 Å². The number of carbonyl (C=O) groups excluding carboxylic acids is 1. The molecule has 0 aliphatic heterocycles. The van der Waals surface area contributed by atoms with Crippen molar-refractivity contribution in [2.24, 2.45) is 0 Å². The fourth-order valence-corrected chi connectivity index (χ4v) is 3.17. The van der Waals surface area contributed by atoms with Crippen molar-refractivity contribution in [3.8, 4) is 11.5 Å². The Morgan fingerprint density at radius 2 is 1.59 bits per heavy atom. The maximum absolute atomic E-state index is 12.2. The molecular formula is C25H27ClN2O4. The Labute approximate surface area is 192 Å². The van der Waals surface area contributed by atoms with Crippen LogP contribution in [-0.2, 0) is 17.6 Å². The van der Waals surface area contributed by atoms with Gasteiger partial charge in [-0.2, -0.15) is 0 Å². The Kier molecular flexibility index (Phi) is 8.92. The minimum absolute atomic E-state index is 0.0785. The highest BCUT2D eigenvalue weighted by Crippen LogP contribution is 2.16. The van der Waals surface area contributed by atoms with Crippen molar-refractivity contribution in [1.82, 2.24) is 5.32 Å². The lowest BCUT2D eigenvalue weighted by Crippen LogP contribution is -2.32. The molecule has 6 nitrogen and oxygen atoms in total. The molecule has 1 amide bonds. The van der Waals surface area contributed by atoms with E-state index in [1.54, 1.807) is 24.3 Å². The van der Waals surface area contributed by atoms with E-state index >= 15 is 0 Å². The fourth-order valence-electron chi connectivity index (χ4n) is 3.04. The summed E-state index contributed by atoms with van der Waals surface area (Å²) in [6.07, 6.45) is 0.452. The van der Waals surface area contributed by atoms with Crippen molar-refractivity contribution >= 4 is 23.2 Å². The van der Waals surface area contributed by atoms with Gasteiger partial charge in [0.1, 0.15) is 24.2 Å². The number of phenolic OH excluding ortho intramolecular Hbond substituents is 1. The van der Waals surface area contributed by atoms with Gasteiger partial charge in [-0.3, -0.25) is 4.79 Å².